The van der Waals surface area contributed by atoms with Crippen molar-refractivity contribution in [2.75, 3.05) is 34.4 Å². The van der Waals surface area contributed by atoms with E-state index in [2.05, 4.69) is 72.7 Å². The predicted octanol–water partition coefficient (Wildman–Crippen LogP) is 1.84. The van der Waals surface area contributed by atoms with Crippen LogP contribution < -0.4 is 10.6 Å². The molecular weight excluding hydrogens is 276 g/mol. The maximum Gasteiger partial charge on any atom is 0.191 e. The minimum Gasteiger partial charge on any atom is -0.383 e. The van der Waals surface area contributed by atoms with E-state index in [-0.39, 0.29) is 6.04 Å². The van der Waals surface area contributed by atoms with E-state index in [0.29, 0.717) is 13.2 Å². The molecule has 0 fully saturated rings. The molecule has 1 aromatic carbocycles. The third-order valence-corrected chi connectivity index (χ3v) is 3.09. The van der Waals surface area contributed by atoms with Crippen molar-refractivity contribution in [1.29, 1.82) is 0 Å². The number of nitrogens with zero attached hydrogens (tertiary/aromatic N) is 2. The molecule has 0 amide bonds. The summed E-state index contributed by atoms with van der Waals surface area (Å²) in [6, 6.07) is 8.84. The van der Waals surface area contributed by atoms with Crippen LogP contribution >= 0.6 is 0 Å². The van der Waals surface area contributed by atoms with Crippen LogP contribution in [-0.4, -0.2) is 51.3 Å². The Balaban J connectivity index is 2.61. The van der Waals surface area contributed by atoms with Gasteiger partial charge in [0.1, 0.15) is 0 Å². The van der Waals surface area contributed by atoms with Gasteiger partial charge in [-0.15, -0.1) is 0 Å². The Morgan fingerprint density at radius 1 is 1.23 bits per heavy atom. The summed E-state index contributed by atoms with van der Waals surface area (Å²) in [6.07, 6.45) is 0. The van der Waals surface area contributed by atoms with Gasteiger partial charge in [0.25, 0.3) is 0 Å². The first-order chi connectivity index (χ1) is 10.5. The Kier molecular flexibility index (Phi) is 8.55. The van der Waals surface area contributed by atoms with Crippen molar-refractivity contribution in [1.82, 2.24) is 15.5 Å². The van der Waals surface area contributed by atoms with Crippen molar-refractivity contribution < 1.29 is 4.74 Å². The molecule has 1 unspecified atom stereocenters. The molecule has 5 nitrogen and oxygen atoms in total. The lowest BCUT2D eigenvalue weighted by molar-refractivity contribution is 0.179. The van der Waals surface area contributed by atoms with E-state index in [4.69, 9.17) is 4.74 Å². The Morgan fingerprint density at radius 2 is 1.86 bits per heavy atom. The van der Waals surface area contributed by atoms with Crippen LogP contribution in [0.5, 0.6) is 0 Å². The minimum atomic E-state index is 0.227. The fourth-order valence-electron chi connectivity index (χ4n) is 2.13. The average Bonchev–Trinajstić information content (AvgIpc) is 2.46. The summed E-state index contributed by atoms with van der Waals surface area (Å²) >= 11 is 0. The molecule has 0 saturated heterocycles. The van der Waals surface area contributed by atoms with Gasteiger partial charge in [0.2, 0.25) is 0 Å². The lowest BCUT2D eigenvalue weighted by Crippen LogP contribution is -2.43. The number of nitrogens with one attached hydrogen (secondary N) is 2. The van der Waals surface area contributed by atoms with E-state index in [9.17, 15) is 0 Å². The standard InChI is InChI=1S/C17H30N4O/c1-6-18-17(20-14(2)13-22-5)19-11-15-7-9-16(10-8-15)12-21(3)4/h7-10,14H,6,11-13H2,1-5H3,(H2,18,19,20). The Morgan fingerprint density at radius 3 is 2.41 bits per heavy atom. The van der Waals surface area contributed by atoms with Crippen molar-refractivity contribution in [2.45, 2.75) is 33.0 Å². The third kappa shape index (κ3) is 7.43. The number of ether oxygens (including phenoxy) is 1. The molecule has 1 aromatic rings. The topological polar surface area (TPSA) is 48.9 Å². The molecule has 0 aliphatic heterocycles. The third-order valence-electron chi connectivity index (χ3n) is 3.09. The lowest BCUT2D eigenvalue weighted by atomic mass is 10.1. The number of aliphatic imine (C=N–C) groups is 1. The van der Waals surface area contributed by atoms with E-state index in [1.165, 1.54) is 11.1 Å². The van der Waals surface area contributed by atoms with Crippen LogP contribution in [0.2, 0.25) is 0 Å². The van der Waals surface area contributed by atoms with Crippen LogP contribution in [0.4, 0.5) is 0 Å². The fourth-order valence-corrected chi connectivity index (χ4v) is 2.13. The first-order valence-electron chi connectivity index (χ1n) is 7.81. The van der Waals surface area contributed by atoms with Gasteiger partial charge in [-0.3, -0.25) is 0 Å². The zero-order valence-corrected chi connectivity index (χ0v) is 14.5. The van der Waals surface area contributed by atoms with E-state index < -0.39 is 0 Å². The van der Waals surface area contributed by atoms with Gasteiger partial charge in [0.15, 0.2) is 5.96 Å². The van der Waals surface area contributed by atoms with Crippen molar-refractivity contribution in [3.05, 3.63) is 35.4 Å². The first kappa shape index (κ1) is 18.5. The van der Waals surface area contributed by atoms with Gasteiger partial charge >= 0.3 is 0 Å². The first-order valence-corrected chi connectivity index (χ1v) is 7.81. The van der Waals surface area contributed by atoms with Crippen LogP contribution in [0.25, 0.3) is 0 Å². The average molecular weight is 306 g/mol. The highest BCUT2D eigenvalue weighted by Gasteiger charge is 2.04. The zero-order chi connectivity index (χ0) is 16.4. The monoisotopic (exact) mass is 306 g/mol. The van der Waals surface area contributed by atoms with Gasteiger partial charge in [-0.2, -0.15) is 0 Å². The molecular formula is C17H30N4O. The van der Waals surface area contributed by atoms with E-state index >= 15 is 0 Å². The van der Waals surface area contributed by atoms with Crippen LogP contribution in [0, 0.1) is 0 Å². The maximum absolute atomic E-state index is 5.14. The van der Waals surface area contributed by atoms with Gasteiger partial charge in [0.05, 0.1) is 13.2 Å². The number of rotatable bonds is 8. The summed E-state index contributed by atoms with van der Waals surface area (Å²) in [5, 5.41) is 6.59. The molecule has 0 bridgehead atoms. The summed E-state index contributed by atoms with van der Waals surface area (Å²) in [5.41, 5.74) is 2.52. The number of hydrogen-bond acceptors (Lipinski definition) is 3. The van der Waals surface area contributed by atoms with Crippen LogP contribution in [0.3, 0.4) is 0 Å². The Labute approximate surface area is 134 Å². The highest BCUT2D eigenvalue weighted by atomic mass is 16.5. The summed E-state index contributed by atoms with van der Waals surface area (Å²) in [5.74, 6) is 0.824. The molecule has 5 heteroatoms. The molecule has 0 saturated carbocycles. The Bertz CT molecular complexity index is 442. The number of guanidine groups is 1. The minimum absolute atomic E-state index is 0.227. The second-order valence-electron chi connectivity index (χ2n) is 5.75. The van der Waals surface area contributed by atoms with Crippen LogP contribution in [0.15, 0.2) is 29.3 Å². The quantitative estimate of drug-likeness (QED) is 0.568. The molecule has 124 valence electrons. The molecule has 0 spiro atoms. The SMILES string of the molecule is CCNC(=NCc1ccc(CN(C)C)cc1)NC(C)COC. The van der Waals surface area contributed by atoms with Gasteiger partial charge in [-0.1, -0.05) is 24.3 Å². The van der Waals surface area contributed by atoms with E-state index in [0.717, 1.165) is 19.0 Å². The highest BCUT2D eigenvalue weighted by molar-refractivity contribution is 5.80. The zero-order valence-electron chi connectivity index (χ0n) is 14.5. The molecule has 0 aliphatic carbocycles. The van der Waals surface area contributed by atoms with E-state index in [1.54, 1.807) is 7.11 Å². The predicted molar refractivity (Wildman–Crippen MR) is 93.1 cm³/mol. The summed E-state index contributed by atoms with van der Waals surface area (Å²) in [7, 11) is 5.86. The highest BCUT2D eigenvalue weighted by Crippen LogP contribution is 2.07. The summed E-state index contributed by atoms with van der Waals surface area (Å²) in [6.45, 7) is 7.26. The second-order valence-corrected chi connectivity index (χ2v) is 5.75. The largest absolute Gasteiger partial charge is 0.383 e. The van der Waals surface area contributed by atoms with Crippen LogP contribution in [0.1, 0.15) is 25.0 Å². The molecule has 1 rings (SSSR count). The summed E-state index contributed by atoms with van der Waals surface area (Å²) in [4.78, 5) is 6.79. The molecule has 0 radical (unpaired) electrons. The van der Waals surface area contributed by atoms with Crippen LogP contribution in [-0.2, 0) is 17.8 Å². The molecule has 2 N–H and O–H groups in total. The molecule has 22 heavy (non-hydrogen) atoms. The van der Waals surface area contributed by atoms with E-state index in [1.807, 2.05) is 0 Å². The second kappa shape index (κ2) is 10.2. The maximum atomic E-state index is 5.14. The van der Waals surface area contributed by atoms with Gasteiger partial charge in [-0.25, -0.2) is 4.99 Å². The van der Waals surface area contributed by atoms with Gasteiger partial charge < -0.3 is 20.3 Å². The molecule has 0 aliphatic rings. The van der Waals surface area contributed by atoms with Crippen molar-refractivity contribution >= 4 is 5.96 Å². The summed E-state index contributed by atoms with van der Waals surface area (Å²) < 4.78 is 5.14. The van der Waals surface area contributed by atoms with Crippen molar-refractivity contribution in [3.63, 3.8) is 0 Å². The normalized spacial score (nSPS) is 13.3. The molecule has 1 atom stereocenters. The van der Waals surface area contributed by atoms with Crippen molar-refractivity contribution in [2.24, 2.45) is 4.99 Å². The Hall–Kier alpha value is -1.59. The lowest BCUT2D eigenvalue weighted by Gasteiger charge is -2.17. The molecule has 0 heterocycles. The van der Waals surface area contributed by atoms with Gasteiger partial charge in [0, 0.05) is 26.2 Å². The molecule has 0 aromatic heterocycles. The fraction of sp³-hybridized carbons (Fsp3) is 0.588. The number of hydrogen-bond donors (Lipinski definition) is 2. The van der Waals surface area contributed by atoms with Gasteiger partial charge in [-0.05, 0) is 39.1 Å². The number of benzene rings is 1. The van der Waals surface area contributed by atoms with Crippen molar-refractivity contribution in [3.8, 4) is 0 Å². The number of methoxy groups -OCH3 is 1. The smallest absolute Gasteiger partial charge is 0.191 e.